The van der Waals surface area contributed by atoms with E-state index in [-0.39, 0.29) is 23.1 Å². The molecule has 1 aliphatic heterocycles. The van der Waals surface area contributed by atoms with E-state index in [1.54, 1.807) is 24.5 Å². The monoisotopic (exact) mass is 427 g/mol. The molecule has 6 nitrogen and oxygen atoms in total. The van der Waals surface area contributed by atoms with Crippen LogP contribution < -0.4 is 0 Å². The van der Waals surface area contributed by atoms with Gasteiger partial charge in [-0.25, -0.2) is 0 Å². The first-order valence-corrected chi connectivity index (χ1v) is 11.4. The van der Waals surface area contributed by atoms with Gasteiger partial charge in [0, 0.05) is 31.0 Å². The van der Waals surface area contributed by atoms with Gasteiger partial charge in [-0.3, -0.25) is 14.3 Å². The fourth-order valence-electron chi connectivity index (χ4n) is 4.59. The van der Waals surface area contributed by atoms with Crippen LogP contribution in [0.1, 0.15) is 65.8 Å². The summed E-state index contributed by atoms with van der Waals surface area (Å²) in [5, 5.41) is 6.86. The van der Waals surface area contributed by atoms with Gasteiger partial charge in [-0.05, 0) is 42.2 Å². The predicted octanol–water partition coefficient (Wildman–Crippen LogP) is 4.12. The summed E-state index contributed by atoms with van der Waals surface area (Å²) in [5.41, 5.74) is 2.44. The first kappa shape index (κ1) is 21.0. The lowest BCUT2D eigenvalue weighted by Crippen LogP contribution is -2.32. The Hall–Kier alpha value is -2.25. The zero-order chi connectivity index (χ0) is 21.3. The number of aromatic nitrogens is 2. The summed E-state index contributed by atoms with van der Waals surface area (Å²) in [6.07, 6.45) is 6.59. The van der Waals surface area contributed by atoms with E-state index in [1.165, 1.54) is 0 Å². The lowest BCUT2D eigenvalue weighted by Gasteiger charge is -2.30. The lowest BCUT2D eigenvalue weighted by atomic mass is 9.75. The minimum Gasteiger partial charge on any atom is -0.383 e. The molecular formula is C23H29N3O3S. The number of rotatable bonds is 6. The molecule has 4 rings (SSSR count). The molecule has 3 heterocycles. The number of hydrogen-bond acceptors (Lipinski definition) is 5. The zero-order valence-corrected chi connectivity index (χ0v) is 18.7. The molecule has 2 aromatic heterocycles. The average Bonchev–Trinajstić information content (AvgIpc) is 3.43. The summed E-state index contributed by atoms with van der Waals surface area (Å²) in [7, 11) is 1.67. The fraction of sp³-hybridized carbons (Fsp3) is 0.522. The van der Waals surface area contributed by atoms with Gasteiger partial charge in [0.15, 0.2) is 5.78 Å². The number of ether oxygens (including phenoxy) is 1. The molecule has 0 saturated carbocycles. The molecule has 0 spiro atoms. The number of likely N-dealkylation sites (tertiary alicyclic amines) is 1. The van der Waals surface area contributed by atoms with Crippen molar-refractivity contribution in [2.75, 3.05) is 20.3 Å². The highest BCUT2D eigenvalue weighted by atomic mass is 32.1. The normalized spacial score (nSPS) is 20.8. The average molecular weight is 428 g/mol. The van der Waals surface area contributed by atoms with Gasteiger partial charge in [-0.15, -0.1) is 11.3 Å². The Morgan fingerprint density at radius 2 is 2.23 bits per heavy atom. The van der Waals surface area contributed by atoms with Crippen LogP contribution in [0.2, 0.25) is 0 Å². The van der Waals surface area contributed by atoms with Crippen LogP contribution in [0.25, 0.3) is 6.08 Å². The largest absolute Gasteiger partial charge is 0.383 e. The van der Waals surface area contributed by atoms with Crippen LogP contribution in [-0.4, -0.2) is 46.6 Å². The van der Waals surface area contributed by atoms with E-state index in [0.29, 0.717) is 26.1 Å². The number of nitrogens with zero attached hydrogens (tertiary/aromatic N) is 3. The van der Waals surface area contributed by atoms with Crippen molar-refractivity contribution in [3.63, 3.8) is 0 Å². The summed E-state index contributed by atoms with van der Waals surface area (Å²) in [5.74, 6) is 0.128. The van der Waals surface area contributed by atoms with E-state index in [9.17, 15) is 9.59 Å². The molecule has 0 unspecified atom stereocenters. The quantitative estimate of drug-likeness (QED) is 0.651. The zero-order valence-electron chi connectivity index (χ0n) is 17.9. The Morgan fingerprint density at radius 3 is 2.97 bits per heavy atom. The molecule has 2 aliphatic rings. The van der Waals surface area contributed by atoms with E-state index >= 15 is 0 Å². The highest BCUT2D eigenvalue weighted by Gasteiger charge is 2.41. The van der Waals surface area contributed by atoms with Crippen molar-refractivity contribution in [2.45, 2.75) is 52.1 Å². The molecule has 7 heteroatoms. The van der Waals surface area contributed by atoms with E-state index < -0.39 is 0 Å². The van der Waals surface area contributed by atoms with Crippen molar-refractivity contribution in [3.05, 3.63) is 45.4 Å². The van der Waals surface area contributed by atoms with Crippen LogP contribution in [-0.2, 0) is 22.5 Å². The van der Waals surface area contributed by atoms with Crippen molar-refractivity contribution in [1.29, 1.82) is 0 Å². The second kappa shape index (κ2) is 8.47. The Bertz CT molecular complexity index is 959. The third-order valence-corrected chi connectivity index (χ3v) is 6.78. The number of fused-ring (bicyclic) bond motifs is 1. The number of thiophene rings is 1. The van der Waals surface area contributed by atoms with Gasteiger partial charge in [0.2, 0.25) is 5.91 Å². The summed E-state index contributed by atoms with van der Waals surface area (Å²) in [6, 6.07) is 3.82. The van der Waals surface area contributed by atoms with Gasteiger partial charge in [0.05, 0.1) is 36.1 Å². The third kappa shape index (κ3) is 4.14. The Labute approximate surface area is 181 Å². The molecule has 1 saturated heterocycles. The van der Waals surface area contributed by atoms with E-state index in [1.807, 2.05) is 33.2 Å². The SMILES string of the molecule is COCCn1nc([C@@H]2CCCN2C(=O)/C=C/c2cccs2)c2c1CC(C)(C)CC2=O. The topological polar surface area (TPSA) is 64.4 Å². The summed E-state index contributed by atoms with van der Waals surface area (Å²) < 4.78 is 7.20. The number of hydrogen-bond donors (Lipinski definition) is 0. The second-order valence-corrected chi connectivity index (χ2v) is 9.88. The number of carbonyl (C=O) groups excluding carboxylic acids is 2. The predicted molar refractivity (Wildman–Crippen MR) is 118 cm³/mol. The van der Waals surface area contributed by atoms with Gasteiger partial charge >= 0.3 is 0 Å². The Balaban J connectivity index is 1.66. The summed E-state index contributed by atoms with van der Waals surface area (Å²) in [6.45, 7) is 6.10. The maximum absolute atomic E-state index is 13.1. The van der Waals surface area contributed by atoms with Crippen molar-refractivity contribution in [3.8, 4) is 0 Å². The Morgan fingerprint density at radius 1 is 1.40 bits per heavy atom. The molecule has 160 valence electrons. The summed E-state index contributed by atoms with van der Waals surface area (Å²) in [4.78, 5) is 29.0. The number of ketones is 1. The second-order valence-electron chi connectivity index (χ2n) is 8.90. The van der Waals surface area contributed by atoms with Crippen LogP contribution in [0.15, 0.2) is 23.6 Å². The lowest BCUT2D eigenvalue weighted by molar-refractivity contribution is -0.126. The van der Waals surface area contributed by atoms with Crippen molar-refractivity contribution < 1.29 is 14.3 Å². The number of methoxy groups -OCH3 is 1. The van der Waals surface area contributed by atoms with Gasteiger partial charge in [0.25, 0.3) is 0 Å². The van der Waals surface area contributed by atoms with Crippen LogP contribution in [0.4, 0.5) is 0 Å². The molecular weight excluding hydrogens is 398 g/mol. The minimum atomic E-state index is -0.145. The standard InChI is InChI=1S/C23H29N3O3S/c1-23(2)14-18-21(19(27)15-23)22(24-26(18)11-12-29-3)17-7-4-10-25(17)20(28)9-8-16-6-5-13-30-16/h5-6,8-9,13,17H,4,7,10-12,14-15H2,1-3H3/b9-8+/t17-/m0/s1. The first-order valence-electron chi connectivity index (χ1n) is 10.5. The third-order valence-electron chi connectivity index (χ3n) is 5.94. The fourth-order valence-corrected chi connectivity index (χ4v) is 5.20. The molecule has 30 heavy (non-hydrogen) atoms. The van der Waals surface area contributed by atoms with Crippen molar-refractivity contribution in [2.24, 2.45) is 5.41 Å². The Kier molecular flexibility index (Phi) is 5.93. The molecule has 1 fully saturated rings. The molecule has 0 bridgehead atoms. The van der Waals surface area contributed by atoms with Gasteiger partial charge in [-0.1, -0.05) is 19.9 Å². The molecule has 0 N–H and O–H groups in total. The minimum absolute atomic E-state index is 0.0188. The first-order chi connectivity index (χ1) is 14.4. The van der Waals surface area contributed by atoms with Crippen LogP contribution in [0, 0.1) is 5.41 Å². The van der Waals surface area contributed by atoms with Crippen molar-refractivity contribution >= 4 is 29.1 Å². The van der Waals surface area contributed by atoms with E-state index in [0.717, 1.165) is 41.1 Å². The number of amides is 1. The van der Waals surface area contributed by atoms with Gasteiger partial charge in [0.1, 0.15) is 0 Å². The molecule has 1 amide bonds. The highest BCUT2D eigenvalue weighted by Crippen LogP contribution is 2.41. The molecule has 1 aliphatic carbocycles. The van der Waals surface area contributed by atoms with Gasteiger partial charge in [-0.2, -0.15) is 5.10 Å². The van der Waals surface area contributed by atoms with Gasteiger partial charge < -0.3 is 9.64 Å². The maximum atomic E-state index is 13.1. The molecule has 0 aromatic carbocycles. The molecule has 0 radical (unpaired) electrons. The maximum Gasteiger partial charge on any atom is 0.247 e. The van der Waals surface area contributed by atoms with E-state index in [2.05, 4.69) is 13.8 Å². The smallest absolute Gasteiger partial charge is 0.247 e. The number of carbonyl (C=O) groups is 2. The van der Waals surface area contributed by atoms with E-state index in [4.69, 9.17) is 9.84 Å². The van der Waals surface area contributed by atoms with Crippen LogP contribution >= 0.6 is 11.3 Å². The molecule has 2 aromatic rings. The summed E-state index contributed by atoms with van der Waals surface area (Å²) >= 11 is 1.60. The molecule has 1 atom stereocenters. The number of Topliss-reactive ketones (excluding diaryl/α,β-unsaturated/α-hetero) is 1. The van der Waals surface area contributed by atoms with Crippen molar-refractivity contribution in [1.82, 2.24) is 14.7 Å². The van der Waals surface area contributed by atoms with Crippen LogP contribution in [0.3, 0.4) is 0 Å². The van der Waals surface area contributed by atoms with Crippen LogP contribution in [0.5, 0.6) is 0 Å². The highest BCUT2D eigenvalue weighted by molar-refractivity contribution is 7.10.